The van der Waals surface area contributed by atoms with Crippen LogP contribution in [0.1, 0.15) is 88.2 Å². The maximum Gasteiger partial charge on any atom is 0.222 e. The number of nitrogens with zero attached hydrogens (tertiary/aromatic N) is 1. The average molecular weight is 570 g/mol. The molecule has 0 aromatic heterocycles. The van der Waals surface area contributed by atoms with Crippen LogP contribution in [-0.2, 0) is 4.79 Å². The van der Waals surface area contributed by atoms with E-state index in [1.165, 1.54) is 54.4 Å². The van der Waals surface area contributed by atoms with Crippen LogP contribution in [0.5, 0.6) is 0 Å². The number of amides is 1. The highest BCUT2D eigenvalue weighted by molar-refractivity contribution is 5.90. The van der Waals surface area contributed by atoms with Gasteiger partial charge < -0.3 is 10.2 Å². The van der Waals surface area contributed by atoms with Crippen molar-refractivity contribution in [3.63, 3.8) is 0 Å². The maximum atomic E-state index is 12.4. The quantitative estimate of drug-likeness (QED) is 0.116. The minimum atomic E-state index is -0.0886. The highest BCUT2D eigenvalue weighted by Gasteiger charge is 2.56. The molecule has 2 aromatic carbocycles. The van der Waals surface area contributed by atoms with E-state index in [-0.39, 0.29) is 5.41 Å². The van der Waals surface area contributed by atoms with E-state index < -0.39 is 0 Å². The number of hydrogen-bond acceptors (Lipinski definition) is 5. The Morgan fingerprint density at radius 1 is 0.929 bits per heavy atom. The van der Waals surface area contributed by atoms with Crippen molar-refractivity contribution in [1.82, 2.24) is 21.2 Å². The molecule has 1 saturated carbocycles. The first-order valence-electron chi connectivity index (χ1n) is 16.4. The second kappa shape index (κ2) is 15.1. The molecule has 2 aromatic rings. The van der Waals surface area contributed by atoms with E-state index >= 15 is 0 Å². The number of unbranched alkanes of at least 4 members (excludes halogenated alkanes) is 6. The summed E-state index contributed by atoms with van der Waals surface area (Å²) in [6.45, 7) is 8.38. The average Bonchev–Trinajstić information content (AvgIpc) is 3.56. The Morgan fingerprint density at radius 3 is 2.26 bits per heavy atom. The molecule has 2 aliphatic carbocycles. The zero-order valence-corrected chi connectivity index (χ0v) is 25.4. The van der Waals surface area contributed by atoms with Gasteiger partial charge in [0.25, 0.3) is 0 Å². The molecule has 0 radical (unpaired) electrons. The largest absolute Gasteiger partial charge is 0.340 e. The summed E-state index contributed by atoms with van der Waals surface area (Å²) in [5, 5.41) is 3.32. The van der Waals surface area contributed by atoms with E-state index in [0.717, 1.165) is 64.7 Å². The molecule has 1 aliphatic heterocycles. The maximum absolute atomic E-state index is 12.4. The molecular formula is C36H51N5O. The lowest BCUT2D eigenvalue weighted by Gasteiger charge is -2.37. The highest BCUT2D eigenvalue weighted by atomic mass is 16.2. The van der Waals surface area contributed by atoms with E-state index in [4.69, 9.17) is 12.4 Å². The van der Waals surface area contributed by atoms with E-state index in [1.807, 2.05) is 4.90 Å². The lowest BCUT2D eigenvalue weighted by Crippen LogP contribution is -2.48. The number of rotatable bonds is 15. The molecule has 1 amide bonds. The van der Waals surface area contributed by atoms with Gasteiger partial charge in [-0.25, -0.2) is 5.43 Å². The summed E-state index contributed by atoms with van der Waals surface area (Å²) in [6, 6.07) is 22.2. The molecule has 5 N–H and O–H groups in total. The van der Waals surface area contributed by atoms with Gasteiger partial charge in [-0.15, -0.1) is 0 Å². The molecule has 1 saturated heterocycles. The van der Waals surface area contributed by atoms with Crippen LogP contribution in [0.25, 0.3) is 11.1 Å². The van der Waals surface area contributed by atoms with Crippen molar-refractivity contribution in [2.75, 3.05) is 26.2 Å². The molecule has 6 nitrogen and oxygen atoms in total. The molecule has 0 bridgehead atoms. The predicted octanol–water partition coefficient (Wildman–Crippen LogP) is 6.23. The Bertz CT molecular complexity index is 1190. The van der Waals surface area contributed by atoms with Gasteiger partial charge in [0, 0.05) is 44.1 Å². The Morgan fingerprint density at radius 2 is 1.57 bits per heavy atom. The second-order valence-corrected chi connectivity index (χ2v) is 12.5. The summed E-state index contributed by atoms with van der Waals surface area (Å²) < 4.78 is 0. The van der Waals surface area contributed by atoms with Crippen molar-refractivity contribution < 1.29 is 4.79 Å². The predicted molar refractivity (Wildman–Crippen MR) is 174 cm³/mol. The SMILES string of the molecule is C=C(c1ccccc1)C12CCC(NNN)C1CC(CCCCCCCCCC(=O)N1CCNCC1)=C2c1ccccc1. The van der Waals surface area contributed by atoms with Crippen molar-refractivity contribution in [1.29, 1.82) is 0 Å². The van der Waals surface area contributed by atoms with Crippen LogP contribution in [0.4, 0.5) is 0 Å². The van der Waals surface area contributed by atoms with Gasteiger partial charge in [-0.2, -0.15) is 5.53 Å². The molecule has 6 heteroatoms. The minimum absolute atomic E-state index is 0.0886. The zero-order chi connectivity index (χ0) is 29.2. The molecule has 0 spiro atoms. The van der Waals surface area contributed by atoms with E-state index in [2.05, 4.69) is 76.9 Å². The Kier molecular flexibility index (Phi) is 11.0. The van der Waals surface area contributed by atoms with Crippen LogP contribution >= 0.6 is 0 Å². The van der Waals surface area contributed by atoms with Crippen molar-refractivity contribution >= 4 is 17.1 Å². The molecular weight excluding hydrogens is 518 g/mol. The monoisotopic (exact) mass is 569 g/mol. The lowest BCUT2D eigenvalue weighted by atomic mass is 9.66. The van der Waals surface area contributed by atoms with Crippen molar-refractivity contribution in [3.05, 3.63) is 83.9 Å². The minimum Gasteiger partial charge on any atom is -0.340 e. The molecule has 2 fully saturated rings. The number of hydrazine groups is 2. The number of piperazine rings is 1. The first kappa shape index (κ1) is 30.7. The molecule has 5 rings (SSSR count). The third-order valence-corrected chi connectivity index (χ3v) is 10.1. The van der Waals surface area contributed by atoms with Crippen molar-refractivity contribution in [2.24, 2.45) is 17.2 Å². The van der Waals surface area contributed by atoms with Crippen LogP contribution < -0.4 is 22.1 Å². The molecule has 42 heavy (non-hydrogen) atoms. The molecule has 226 valence electrons. The summed E-state index contributed by atoms with van der Waals surface area (Å²) in [5.41, 5.74) is 13.1. The van der Waals surface area contributed by atoms with Gasteiger partial charge in [0.1, 0.15) is 0 Å². The number of fused-ring (bicyclic) bond motifs is 1. The lowest BCUT2D eigenvalue weighted by molar-refractivity contribution is -0.131. The zero-order valence-electron chi connectivity index (χ0n) is 25.4. The summed E-state index contributed by atoms with van der Waals surface area (Å²) in [7, 11) is 0. The summed E-state index contributed by atoms with van der Waals surface area (Å²) >= 11 is 0. The van der Waals surface area contributed by atoms with Crippen molar-refractivity contribution in [3.8, 4) is 0 Å². The molecule has 3 aliphatic rings. The topological polar surface area (TPSA) is 82.4 Å². The van der Waals surface area contributed by atoms with E-state index in [0.29, 0.717) is 24.3 Å². The van der Waals surface area contributed by atoms with Gasteiger partial charge >= 0.3 is 0 Å². The summed E-state index contributed by atoms with van der Waals surface area (Å²) in [5.74, 6) is 6.56. The second-order valence-electron chi connectivity index (χ2n) is 12.5. The number of nitrogens with two attached hydrogens (primary N) is 1. The fraction of sp³-hybridized carbons (Fsp3) is 0.528. The van der Waals surface area contributed by atoms with Crippen LogP contribution in [0.15, 0.2) is 72.8 Å². The van der Waals surface area contributed by atoms with Crippen LogP contribution in [-0.4, -0.2) is 43.0 Å². The van der Waals surface area contributed by atoms with Crippen molar-refractivity contribution in [2.45, 2.75) is 83.1 Å². The van der Waals surface area contributed by atoms with Gasteiger partial charge in [0.05, 0.1) is 0 Å². The van der Waals surface area contributed by atoms with E-state index in [1.54, 1.807) is 5.57 Å². The van der Waals surface area contributed by atoms with Crippen LogP contribution in [0.2, 0.25) is 0 Å². The molecule has 3 atom stereocenters. The number of carbonyl (C=O) groups is 1. The number of allylic oxidation sites excluding steroid dienone is 3. The molecule has 1 heterocycles. The van der Waals surface area contributed by atoms with Gasteiger partial charge in [-0.1, -0.05) is 105 Å². The number of hydrogen-bond donors (Lipinski definition) is 4. The number of nitrogens with one attached hydrogen (secondary N) is 3. The third-order valence-electron chi connectivity index (χ3n) is 10.1. The van der Waals surface area contributed by atoms with Gasteiger partial charge in [-0.05, 0) is 66.7 Å². The normalized spacial score (nSPS) is 23.8. The van der Waals surface area contributed by atoms with Gasteiger partial charge in [-0.3, -0.25) is 10.6 Å². The van der Waals surface area contributed by atoms with Gasteiger partial charge in [0.2, 0.25) is 5.91 Å². The van der Waals surface area contributed by atoms with E-state index in [9.17, 15) is 4.79 Å². The Labute approximate surface area is 253 Å². The Hall–Kier alpha value is -2.77. The number of benzene rings is 2. The molecule has 3 unspecified atom stereocenters. The first-order chi connectivity index (χ1) is 20.6. The van der Waals surface area contributed by atoms with Crippen LogP contribution in [0.3, 0.4) is 0 Å². The Balaban J connectivity index is 1.20. The smallest absolute Gasteiger partial charge is 0.222 e. The fourth-order valence-corrected chi connectivity index (χ4v) is 7.99. The van der Waals surface area contributed by atoms with Gasteiger partial charge in [0.15, 0.2) is 0 Å². The first-order valence-corrected chi connectivity index (χ1v) is 16.4. The third kappa shape index (κ3) is 6.89. The standard InChI is InChI=1S/C36H51N5O/c1-28(29-15-10-7-11-16-29)36-22-21-33(39-40-37)32(36)27-31(35(36)30-17-12-8-13-18-30)19-9-5-3-2-4-6-14-20-34(42)41-25-23-38-24-26-41/h7-8,10-13,15-18,32-33,38-40H,1-6,9,14,19-27,37H2. The summed E-state index contributed by atoms with van der Waals surface area (Å²) in [6.07, 6.45) is 13.5. The fourth-order valence-electron chi connectivity index (χ4n) is 7.99. The highest BCUT2D eigenvalue weighted by Crippen LogP contribution is 2.66. The van der Waals surface area contributed by atoms with Crippen LogP contribution in [0, 0.1) is 11.3 Å². The summed E-state index contributed by atoms with van der Waals surface area (Å²) in [4.78, 5) is 14.4. The number of carbonyl (C=O) groups excluding carboxylic acids is 1.